The second kappa shape index (κ2) is 6.32. The van der Waals surface area contributed by atoms with Crippen LogP contribution in [0.5, 0.6) is 0 Å². The highest BCUT2D eigenvalue weighted by Crippen LogP contribution is 2.28. The molecule has 21 heavy (non-hydrogen) atoms. The Morgan fingerprint density at radius 3 is 2.76 bits per heavy atom. The molecule has 6 heteroatoms. The van der Waals surface area contributed by atoms with Crippen LogP contribution >= 0.6 is 0 Å². The van der Waals surface area contributed by atoms with Crippen molar-refractivity contribution in [3.05, 3.63) is 23.8 Å². The first-order valence-electron chi connectivity index (χ1n) is 7.08. The summed E-state index contributed by atoms with van der Waals surface area (Å²) in [6.07, 6.45) is 1.21. The van der Waals surface area contributed by atoms with E-state index in [1.165, 1.54) is 0 Å². The molecule has 0 spiro atoms. The molecule has 0 aromatic heterocycles. The van der Waals surface area contributed by atoms with Gasteiger partial charge in [-0.05, 0) is 18.2 Å². The van der Waals surface area contributed by atoms with E-state index in [0.29, 0.717) is 43.9 Å². The molecule has 2 rings (SSSR count). The van der Waals surface area contributed by atoms with E-state index in [-0.39, 0.29) is 5.91 Å². The summed E-state index contributed by atoms with van der Waals surface area (Å²) in [7, 11) is 3.46. The Morgan fingerprint density at radius 2 is 2.14 bits per heavy atom. The Morgan fingerprint density at radius 1 is 1.48 bits per heavy atom. The van der Waals surface area contributed by atoms with Gasteiger partial charge in [-0.15, -0.1) is 0 Å². The summed E-state index contributed by atoms with van der Waals surface area (Å²) in [4.78, 5) is 13.6. The van der Waals surface area contributed by atoms with E-state index in [9.17, 15) is 9.90 Å². The van der Waals surface area contributed by atoms with Gasteiger partial charge in [-0.25, -0.2) is 0 Å². The molecule has 0 radical (unpaired) electrons. The molecule has 0 saturated carbocycles. The predicted octanol–water partition coefficient (Wildman–Crippen LogP) is 0.606. The van der Waals surface area contributed by atoms with E-state index < -0.39 is 5.60 Å². The molecule has 1 heterocycles. The number of ether oxygens (including phenoxy) is 1. The molecule has 1 aliphatic heterocycles. The molecule has 1 saturated heterocycles. The van der Waals surface area contributed by atoms with Gasteiger partial charge < -0.3 is 25.8 Å². The fourth-order valence-electron chi connectivity index (χ4n) is 2.60. The van der Waals surface area contributed by atoms with Crippen molar-refractivity contribution in [3.8, 4) is 0 Å². The highest BCUT2D eigenvalue weighted by Gasteiger charge is 2.31. The topological polar surface area (TPSA) is 87.8 Å². The number of hydrogen-bond acceptors (Lipinski definition) is 5. The van der Waals surface area contributed by atoms with Gasteiger partial charge in [0.15, 0.2) is 0 Å². The van der Waals surface area contributed by atoms with Gasteiger partial charge in [0, 0.05) is 52.3 Å². The number of anilines is 2. The number of aliphatic hydroxyl groups is 1. The fourth-order valence-corrected chi connectivity index (χ4v) is 2.60. The van der Waals surface area contributed by atoms with Crippen LogP contribution in [0, 0.1) is 0 Å². The Kier molecular flexibility index (Phi) is 4.69. The average molecular weight is 293 g/mol. The van der Waals surface area contributed by atoms with Gasteiger partial charge in [0.25, 0.3) is 5.91 Å². The summed E-state index contributed by atoms with van der Waals surface area (Å²) in [5, 5.41) is 13.2. The minimum atomic E-state index is -0.775. The molecular weight excluding hydrogens is 270 g/mol. The van der Waals surface area contributed by atoms with Crippen LogP contribution in [0.2, 0.25) is 0 Å². The van der Waals surface area contributed by atoms with Crippen molar-refractivity contribution >= 4 is 17.3 Å². The number of nitrogens with one attached hydrogen (secondary N) is 1. The molecule has 0 unspecified atom stereocenters. The lowest BCUT2D eigenvalue weighted by molar-refractivity contribution is -0.0572. The standard InChI is InChI=1S/C15H23N3O3/c1-17-14(19)11-3-4-12(16)13(9-11)18(2)10-15(20)5-7-21-8-6-15/h3-4,9,20H,5-8,10,16H2,1-2H3,(H,17,19). The summed E-state index contributed by atoms with van der Waals surface area (Å²) in [6.45, 7) is 1.59. The minimum Gasteiger partial charge on any atom is -0.397 e. The minimum absolute atomic E-state index is 0.158. The van der Waals surface area contributed by atoms with E-state index in [0.717, 1.165) is 5.69 Å². The zero-order valence-electron chi connectivity index (χ0n) is 12.6. The number of likely N-dealkylation sites (N-methyl/N-ethyl adjacent to an activating group) is 1. The van der Waals surface area contributed by atoms with E-state index in [4.69, 9.17) is 10.5 Å². The molecule has 116 valence electrons. The number of nitrogens with two attached hydrogens (primary N) is 1. The van der Waals surface area contributed by atoms with Crippen LogP contribution in [0.1, 0.15) is 23.2 Å². The van der Waals surface area contributed by atoms with Crippen LogP contribution < -0.4 is 16.0 Å². The normalized spacial score (nSPS) is 17.3. The van der Waals surface area contributed by atoms with Crippen LogP contribution in [0.15, 0.2) is 18.2 Å². The zero-order chi connectivity index (χ0) is 15.5. The number of rotatable bonds is 4. The first-order valence-corrected chi connectivity index (χ1v) is 7.08. The molecule has 0 atom stereocenters. The molecule has 6 nitrogen and oxygen atoms in total. The van der Waals surface area contributed by atoms with Crippen molar-refractivity contribution in [1.82, 2.24) is 5.32 Å². The number of carbonyl (C=O) groups is 1. The maximum absolute atomic E-state index is 11.7. The zero-order valence-corrected chi connectivity index (χ0v) is 12.6. The monoisotopic (exact) mass is 293 g/mol. The largest absolute Gasteiger partial charge is 0.397 e. The fraction of sp³-hybridized carbons (Fsp3) is 0.533. The highest BCUT2D eigenvalue weighted by atomic mass is 16.5. The first kappa shape index (κ1) is 15.6. The molecule has 1 aliphatic rings. The molecule has 4 N–H and O–H groups in total. The van der Waals surface area contributed by atoms with Gasteiger partial charge in [-0.3, -0.25) is 4.79 Å². The van der Waals surface area contributed by atoms with Gasteiger partial charge in [0.2, 0.25) is 0 Å². The van der Waals surface area contributed by atoms with Crippen molar-refractivity contribution in [2.75, 3.05) is 44.5 Å². The first-order chi connectivity index (χ1) is 9.95. The molecule has 0 aliphatic carbocycles. The maximum atomic E-state index is 11.7. The van der Waals surface area contributed by atoms with Gasteiger partial charge in [0.1, 0.15) is 0 Å². The lowest BCUT2D eigenvalue weighted by atomic mass is 9.93. The number of nitrogen functional groups attached to an aromatic ring is 1. The van der Waals surface area contributed by atoms with Crippen molar-refractivity contribution in [3.63, 3.8) is 0 Å². The third-order valence-electron chi connectivity index (χ3n) is 3.89. The highest BCUT2D eigenvalue weighted by molar-refractivity contribution is 5.96. The van der Waals surface area contributed by atoms with Crippen molar-refractivity contribution < 1.29 is 14.6 Å². The Bertz CT molecular complexity index is 513. The smallest absolute Gasteiger partial charge is 0.251 e. The maximum Gasteiger partial charge on any atom is 0.251 e. The van der Waals surface area contributed by atoms with Crippen molar-refractivity contribution in [1.29, 1.82) is 0 Å². The average Bonchev–Trinajstić information content (AvgIpc) is 2.47. The van der Waals surface area contributed by atoms with Crippen LogP contribution in [0.25, 0.3) is 0 Å². The van der Waals surface area contributed by atoms with E-state index in [2.05, 4.69) is 5.32 Å². The summed E-state index contributed by atoms with van der Waals surface area (Å²) >= 11 is 0. The predicted molar refractivity (Wildman–Crippen MR) is 82.5 cm³/mol. The SMILES string of the molecule is CNC(=O)c1ccc(N)c(N(C)CC2(O)CCOCC2)c1. The van der Waals surface area contributed by atoms with Crippen LogP contribution in [-0.4, -0.2) is 50.5 Å². The van der Waals surface area contributed by atoms with Crippen LogP contribution in [0.3, 0.4) is 0 Å². The Balaban J connectivity index is 2.17. The quantitative estimate of drug-likeness (QED) is 0.708. The number of hydrogen-bond donors (Lipinski definition) is 3. The summed E-state index contributed by atoms with van der Waals surface area (Å²) < 4.78 is 5.28. The molecular formula is C15H23N3O3. The second-order valence-electron chi connectivity index (χ2n) is 5.55. The van der Waals surface area contributed by atoms with E-state index in [1.807, 2.05) is 11.9 Å². The van der Waals surface area contributed by atoms with Gasteiger partial charge >= 0.3 is 0 Å². The lowest BCUT2D eigenvalue weighted by Crippen LogP contribution is -2.46. The van der Waals surface area contributed by atoms with E-state index in [1.54, 1.807) is 25.2 Å². The van der Waals surface area contributed by atoms with Crippen LogP contribution in [-0.2, 0) is 4.74 Å². The third kappa shape index (κ3) is 3.65. The number of benzene rings is 1. The summed E-state index contributed by atoms with van der Waals surface area (Å²) in [5.74, 6) is -0.158. The summed E-state index contributed by atoms with van der Waals surface area (Å²) in [6, 6.07) is 5.15. The van der Waals surface area contributed by atoms with E-state index >= 15 is 0 Å². The number of nitrogens with zero attached hydrogens (tertiary/aromatic N) is 1. The molecule has 0 bridgehead atoms. The summed E-state index contributed by atoms with van der Waals surface area (Å²) in [5.41, 5.74) is 7.10. The molecule has 1 fully saturated rings. The van der Waals surface area contributed by atoms with Gasteiger partial charge in [-0.1, -0.05) is 0 Å². The van der Waals surface area contributed by atoms with Gasteiger partial charge in [-0.2, -0.15) is 0 Å². The Labute approximate surface area is 124 Å². The molecule has 1 aromatic rings. The second-order valence-corrected chi connectivity index (χ2v) is 5.55. The Hall–Kier alpha value is -1.79. The number of carbonyl (C=O) groups excluding carboxylic acids is 1. The third-order valence-corrected chi connectivity index (χ3v) is 3.89. The van der Waals surface area contributed by atoms with Gasteiger partial charge in [0.05, 0.1) is 17.0 Å². The molecule has 1 amide bonds. The van der Waals surface area contributed by atoms with Crippen molar-refractivity contribution in [2.45, 2.75) is 18.4 Å². The van der Waals surface area contributed by atoms with Crippen molar-refractivity contribution in [2.24, 2.45) is 0 Å². The van der Waals surface area contributed by atoms with Crippen LogP contribution in [0.4, 0.5) is 11.4 Å². The molecule has 1 aromatic carbocycles. The number of amides is 1. The lowest BCUT2D eigenvalue weighted by Gasteiger charge is -2.36.